The molecule has 3 aromatic rings. The number of alkyl halides is 3. The first-order chi connectivity index (χ1) is 10.0. The lowest BCUT2D eigenvalue weighted by molar-refractivity contribution is -0.274. The summed E-state index contributed by atoms with van der Waals surface area (Å²) >= 11 is 1.48. The second kappa shape index (κ2) is 5.21. The van der Waals surface area contributed by atoms with E-state index >= 15 is 0 Å². The molecule has 0 radical (unpaired) electrons. The lowest BCUT2D eigenvalue weighted by Crippen LogP contribution is -2.16. The molecule has 0 aliphatic carbocycles. The summed E-state index contributed by atoms with van der Waals surface area (Å²) in [7, 11) is 0. The fourth-order valence-electron chi connectivity index (χ4n) is 1.77. The molecule has 108 valence electrons. The summed E-state index contributed by atoms with van der Waals surface area (Å²) in [5.41, 5.74) is 0.607. The molecule has 1 aromatic carbocycles. The molecule has 2 heterocycles. The summed E-state index contributed by atoms with van der Waals surface area (Å²) in [6.45, 7) is 0. The molecular weight excluding hydrogens is 303 g/mol. The van der Waals surface area contributed by atoms with Crippen LogP contribution < -0.4 is 10.1 Å². The first kappa shape index (κ1) is 13.6. The maximum Gasteiger partial charge on any atom is 0.573 e. The summed E-state index contributed by atoms with van der Waals surface area (Å²) in [6.07, 6.45) is -3.26. The van der Waals surface area contributed by atoms with Gasteiger partial charge in [0.1, 0.15) is 22.7 Å². The minimum Gasteiger partial charge on any atom is -0.406 e. The molecule has 0 bridgehead atoms. The molecule has 0 saturated heterocycles. The van der Waals surface area contributed by atoms with E-state index in [0.29, 0.717) is 11.5 Å². The average molecular weight is 311 g/mol. The topological polar surface area (TPSA) is 47.0 Å². The predicted molar refractivity (Wildman–Crippen MR) is 73.8 cm³/mol. The van der Waals surface area contributed by atoms with Crippen molar-refractivity contribution in [3.8, 4) is 5.75 Å². The second-order valence-electron chi connectivity index (χ2n) is 4.06. The molecule has 1 N–H and O–H groups in total. The maximum absolute atomic E-state index is 12.1. The third-order valence-corrected chi connectivity index (χ3v) is 3.43. The summed E-state index contributed by atoms with van der Waals surface area (Å²) in [4.78, 5) is 9.09. The van der Waals surface area contributed by atoms with Gasteiger partial charge in [-0.05, 0) is 35.7 Å². The number of hydrogen-bond donors (Lipinski definition) is 1. The van der Waals surface area contributed by atoms with Crippen molar-refractivity contribution in [2.45, 2.75) is 6.36 Å². The molecule has 0 saturated carbocycles. The molecule has 0 atom stereocenters. The highest BCUT2D eigenvalue weighted by Gasteiger charge is 2.30. The van der Waals surface area contributed by atoms with Crippen LogP contribution in [0.3, 0.4) is 0 Å². The Balaban J connectivity index is 1.81. The molecule has 21 heavy (non-hydrogen) atoms. The normalized spacial score (nSPS) is 11.6. The highest BCUT2D eigenvalue weighted by atomic mass is 32.1. The SMILES string of the molecule is FC(F)(F)Oc1ccc(Nc2ncnc3sccc23)cc1. The van der Waals surface area contributed by atoms with Gasteiger partial charge in [-0.1, -0.05) is 0 Å². The van der Waals surface area contributed by atoms with E-state index in [0.717, 1.165) is 10.2 Å². The van der Waals surface area contributed by atoms with Crippen LogP contribution in [0.25, 0.3) is 10.2 Å². The molecule has 0 fully saturated rings. The molecule has 0 amide bonds. The van der Waals surface area contributed by atoms with Crippen LogP contribution in [0.1, 0.15) is 0 Å². The Bertz CT molecular complexity index is 755. The molecule has 0 aliphatic rings. The van der Waals surface area contributed by atoms with Crippen molar-refractivity contribution in [1.29, 1.82) is 0 Å². The van der Waals surface area contributed by atoms with Gasteiger partial charge in [-0.3, -0.25) is 0 Å². The zero-order chi connectivity index (χ0) is 14.9. The molecule has 0 unspecified atom stereocenters. The highest BCUT2D eigenvalue weighted by molar-refractivity contribution is 7.16. The van der Waals surface area contributed by atoms with E-state index in [4.69, 9.17) is 0 Å². The first-order valence-corrected chi connectivity index (χ1v) is 6.70. The van der Waals surface area contributed by atoms with Crippen molar-refractivity contribution >= 4 is 33.1 Å². The zero-order valence-corrected chi connectivity index (χ0v) is 11.2. The summed E-state index contributed by atoms with van der Waals surface area (Å²) in [6, 6.07) is 7.33. The second-order valence-corrected chi connectivity index (χ2v) is 4.95. The van der Waals surface area contributed by atoms with Gasteiger partial charge >= 0.3 is 6.36 Å². The van der Waals surface area contributed by atoms with Crippen molar-refractivity contribution in [3.63, 3.8) is 0 Å². The number of nitrogens with one attached hydrogen (secondary N) is 1. The molecule has 3 rings (SSSR count). The number of rotatable bonds is 3. The molecule has 8 heteroatoms. The minimum atomic E-state index is -4.69. The van der Waals surface area contributed by atoms with Crippen LogP contribution in [0.15, 0.2) is 42.0 Å². The zero-order valence-electron chi connectivity index (χ0n) is 10.4. The standard InChI is InChI=1S/C13H8F3N3OS/c14-13(15,16)20-9-3-1-8(2-4-9)19-11-10-5-6-21-12(10)18-7-17-11/h1-7H,(H,17,18,19). The Morgan fingerprint density at radius 2 is 1.81 bits per heavy atom. The quantitative estimate of drug-likeness (QED) is 0.782. The van der Waals surface area contributed by atoms with Gasteiger partial charge in [0.2, 0.25) is 0 Å². The Hall–Kier alpha value is -2.35. The van der Waals surface area contributed by atoms with E-state index in [1.807, 2.05) is 11.4 Å². The largest absolute Gasteiger partial charge is 0.573 e. The number of aromatic nitrogens is 2. The Labute approximate surface area is 121 Å². The van der Waals surface area contributed by atoms with Gasteiger partial charge in [-0.2, -0.15) is 0 Å². The maximum atomic E-state index is 12.1. The van der Waals surface area contributed by atoms with Crippen molar-refractivity contribution in [3.05, 3.63) is 42.0 Å². The number of fused-ring (bicyclic) bond motifs is 1. The summed E-state index contributed by atoms with van der Waals surface area (Å²) in [5, 5.41) is 5.79. The Morgan fingerprint density at radius 3 is 2.52 bits per heavy atom. The number of nitrogens with zero attached hydrogens (tertiary/aromatic N) is 2. The number of ether oxygens (including phenoxy) is 1. The van der Waals surface area contributed by atoms with Gasteiger partial charge in [0.25, 0.3) is 0 Å². The molecular formula is C13H8F3N3OS. The monoisotopic (exact) mass is 311 g/mol. The van der Waals surface area contributed by atoms with Crippen molar-refractivity contribution < 1.29 is 17.9 Å². The van der Waals surface area contributed by atoms with Crippen LogP contribution in [-0.2, 0) is 0 Å². The van der Waals surface area contributed by atoms with E-state index in [1.165, 1.54) is 41.9 Å². The third kappa shape index (κ3) is 3.22. The van der Waals surface area contributed by atoms with Crippen molar-refractivity contribution in [2.24, 2.45) is 0 Å². The minimum absolute atomic E-state index is 0.267. The first-order valence-electron chi connectivity index (χ1n) is 5.82. The Kier molecular flexibility index (Phi) is 3.38. The van der Waals surface area contributed by atoms with Crippen LogP contribution in [-0.4, -0.2) is 16.3 Å². The third-order valence-electron chi connectivity index (χ3n) is 2.61. The number of anilines is 2. The van der Waals surface area contributed by atoms with Gasteiger partial charge in [-0.25, -0.2) is 9.97 Å². The number of hydrogen-bond acceptors (Lipinski definition) is 5. The smallest absolute Gasteiger partial charge is 0.406 e. The van der Waals surface area contributed by atoms with Crippen LogP contribution >= 0.6 is 11.3 Å². The lowest BCUT2D eigenvalue weighted by Gasteiger charge is -2.10. The molecule has 0 spiro atoms. The molecule has 2 aromatic heterocycles. The average Bonchev–Trinajstić information content (AvgIpc) is 2.89. The summed E-state index contributed by atoms with van der Waals surface area (Å²) in [5.74, 6) is 0.335. The molecule has 4 nitrogen and oxygen atoms in total. The van der Waals surface area contributed by atoms with Crippen LogP contribution in [0, 0.1) is 0 Å². The lowest BCUT2D eigenvalue weighted by atomic mass is 10.3. The highest BCUT2D eigenvalue weighted by Crippen LogP contribution is 2.28. The Morgan fingerprint density at radius 1 is 1.05 bits per heavy atom. The van der Waals surface area contributed by atoms with Crippen LogP contribution in [0.5, 0.6) is 5.75 Å². The van der Waals surface area contributed by atoms with Gasteiger partial charge in [0.15, 0.2) is 0 Å². The van der Waals surface area contributed by atoms with E-state index in [2.05, 4.69) is 20.0 Å². The number of halogens is 3. The predicted octanol–water partition coefficient (Wildman–Crippen LogP) is 4.33. The van der Waals surface area contributed by atoms with Gasteiger partial charge < -0.3 is 10.1 Å². The van der Waals surface area contributed by atoms with Gasteiger partial charge in [-0.15, -0.1) is 24.5 Å². The fraction of sp³-hybridized carbons (Fsp3) is 0.0769. The number of benzene rings is 1. The van der Waals surface area contributed by atoms with E-state index in [9.17, 15) is 13.2 Å². The number of thiophene rings is 1. The van der Waals surface area contributed by atoms with Crippen molar-refractivity contribution in [2.75, 3.05) is 5.32 Å². The molecule has 0 aliphatic heterocycles. The van der Waals surface area contributed by atoms with Crippen molar-refractivity contribution in [1.82, 2.24) is 9.97 Å². The van der Waals surface area contributed by atoms with Crippen LogP contribution in [0.2, 0.25) is 0 Å². The van der Waals surface area contributed by atoms with E-state index in [1.54, 1.807) is 0 Å². The summed E-state index contributed by atoms with van der Waals surface area (Å²) < 4.78 is 40.0. The van der Waals surface area contributed by atoms with Gasteiger partial charge in [0.05, 0.1) is 5.39 Å². The van der Waals surface area contributed by atoms with E-state index in [-0.39, 0.29) is 5.75 Å². The fourth-order valence-corrected chi connectivity index (χ4v) is 2.50. The van der Waals surface area contributed by atoms with E-state index < -0.39 is 6.36 Å². The van der Waals surface area contributed by atoms with Gasteiger partial charge in [0, 0.05) is 5.69 Å². The van der Waals surface area contributed by atoms with Crippen LogP contribution in [0.4, 0.5) is 24.7 Å².